The van der Waals surface area contributed by atoms with Crippen molar-refractivity contribution in [2.75, 3.05) is 6.61 Å². The van der Waals surface area contributed by atoms with Crippen molar-refractivity contribution < 1.29 is 4.74 Å². The molecule has 0 amide bonds. The minimum Gasteiger partial charge on any atom is -0.464 e. The molecule has 0 bridgehead atoms. The number of rotatable bonds is 4. The van der Waals surface area contributed by atoms with E-state index in [9.17, 15) is 4.79 Å². The zero-order valence-electron chi connectivity index (χ0n) is 8.28. The molecule has 0 aliphatic rings. The monoisotopic (exact) mass is 185 g/mol. The van der Waals surface area contributed by atoms with Gasteiger partial charge >= 0.3 is 11.7 Å². The van der Waals surface area contributed by atoms with Crippen LogP contribution in [0.4, 0.5) is 0 Å². The molecule has 13 heavy (non-hydrogen) atoms. The number of aromatic nitrogens is 3. The van der Waals surface area contributed by atoms with E-state index in [2.05, 4.69) is 5.10 Å². The third-order valence-corrected chi connectivity index (χ3v) is 1.73. The first-order valence-electron chi connectivity index (χ1n) is 4.47. The molecule has 0 N–H and O–H groups in total. The van der Waals surface area contributed by atoms with E-state index in [0.29, 0.717) is 19.2 Å². The van der Waals surface area contributed by atoms with Gasteiger partial charge in [0.2, 0.25) is 0 Å². The van der Waals surface area contributed by atoms with Crippen LogP contribution < -0.4 is 10.4 Å². The molecule has 1 aromatic rings. The molecule has 74 valence electrons. The Labute approximate surface area is 76.9 Å². The molecule has 0 fully saturated rings. The highest BCUT2D eigenvalue weighted by molar-refractivity contribution is 4.93. The Morgan fingerprint density at radius 1 is 1.46 bits per heavy atom. The average molecular weight is 185 g/mol. The van der Waals surface area contributed by atoms with E-state index in [1.54, 1.807) is 7.05 Å². The number of nitrogens with zero attached hydrogens (tertiary/aromatic N) is 3. The summed E-state index contributed by atoms with van der Waals surface area (Å²) in [5, 5.41) is 3.96. The summed E-state index contributed by atoms with van der Waals surface area (Å²) in [5.41, 5.74) is -0.131. The van der Waals surface area contributed by atoms with Gasteiger partial charge in [0, 0.05) is 13.6 Å². The van der Waals surface area contributed by atoms with Crippen LogP contribution in [-0.4, -0.2) is 21.0 Å². The van der Waals surface area contributed by atoms with Gasteiger partial charge in [-0.25, -0.2) is 14.0 Å². The van der Waals surface area contributed by atoms with Gasteiger partial charge < -0.3 is 4.74 Å². The summed E-state index contributed by atoms with van der Waals surface area (Å²) in [6, 6.07) is 0.414. The Kier molecular flexibility index (Phi) is 3.11. The van der Waals surface area contributed by atoms with Crippen LogP contribution in [0.3, 0.4) is 0 Å². The Morgan fingerprint density at radius 2 is 2.15 bits per heavy atom. The van der Waals surface area contributed by atoms with Crippen LogP contribution in [0.15, 0.2) is 4.79 Å². The van der Waals surface area contributed by atoms with E-state index in [1.165, 1.54) is 9.25 Å². The summed E-state index contributed by atoms with van der Waals surface area (Å²) >= 11 is 0. The van der Waals surface area contributed by atoms with Crippen molar-refractivity contribution in [3.63, 3.8) is 0 Å². The van der Waals surface area contributed by atoms with Crippen LogP contribution in [0.5, 0.6) is 6.01 Å². The molecule has 0 radical (unpaired) electrons. The second-order valence-corrected chi connectivity index (χ2v) is 2.78. The third-order valence-electron chi connectivity index (χ3n) is 1.73. The summed E-state index contributed by atoms with van der Waals surface area (Å²) < 4.78 is 8.11. The fraction of sp³-hybridized carbons (Fsp3) is 0.750. The largest absolute Gasteiger partial charge is 0.464 e. The Hall–Kier alpha value is -1.26. The second-order valence-electron chi connectivity index (χ2n) is 2.78. The standard InChI is InChI=1S/C8H15N3O2/c1-4-6-13-7-9-10(3)8(12)11(7)5-2/h4-6H2,1-3H3. The quantitative estimate of drug-likeness (QED) is 0.681. The minimum absolute atomic E-state index is 0.131. The van der Waals surface area contributed by atoms with Crippen molar-refractivity contribution >= 4 is 0 Å². The number of hydrogen-bond acceptors (Lipinski definition) is 3. The van der Waals surface area contributed by atoms with Gasteiger partial charge in [-0.3, -0.25) is 0 Å². The lowest BCUT2D eigenvalue weighted by molar-refractivity contribution is 0.276. The molecule has 0 aromatic carbocycles. The van der Waals surface area contributed by atoms with E-state index in [1.807, 2.05) is 13.8 Å². The lowest BCUT2D eigenvalue weighted by atomic mass is 10.5. The molecule has 1 aromatic heterocycles. The van der Waals surface area contributed by atoms with Crippen LogP contribution in [0.2, 0.25) is 0 Å². The number of ether oxygens (including phenoxy) is 1. The van der Waals surface area contributed by atoms with Gasteiger partial charge in [0.25, 0.3) is 0 Å². The van der Waals surface area contributed by atoms with Gasteiger partial charge in [-0.2, -0.15) is 0 Å². The topological polar surface area (TPSA) is 49.1 Å². The van der Waals surface area contributed by atoms with Crippen molar-refractivity contribution in [2.45, 2.75) is 26.8 Å². The predicted octanol–water partition coefficient (Wildman–Crippen LogP) is 0.391. The molecule has 1 heterocycles. The molecule has 0 saturated carbocycles. The van der Waals surface area contributed by atoms with Crippen LogP contribution in [0, 0.1) is 0 Å². The first-order chi connectivity index (χ1) is 6.20. The molecular weight excluding hydrogens is 170 g/mol. The van der Waals surface area contributed by atoms with Crippen molar-refractivity contribution in [2.24, 2.45) is 7.05 Å². The van der Waals surface area contributed by atoms with E-state index < -0.39 is 0 Å². The van der Waals surface area contributed by atoms with E-state index in [0.717, 1.165) is 6.42 Å². The number of hydrogen-bond donors (Lipinski definition) is 0. The molecular formula is C8H15N3O2. The van der Waals surface area contributed by atoms with Crippen LogP contribution >= 0.6 is 0 Å². The normalized spacial score (nSPS) is 10.4. The molecule has 0 saturated heterocycles. The lowest BCUT2D eigenvalue weighted by Crippen LogP contribution is -2.22. The number of aryl methyl sites for hydroxylation is 1. The summed E-state index contributed by atoms with van der Waals surface area (Å²) in [4.78, 5) is 11.4. The maximum Gasteiger partial charge on any atom is 0.348 e. The predicted molar refractivity (Wildman–Crippen MR) is 48.9 cm³/mol. The summed E-state index contributed by atoms with van der Waals surface area (Å²) in [7, 11) is 1.62. The van der Waals surface area contributed by atoms with Gasteiger partial charge in [0.05, 0.1) is 6.61 Å². The molecule has 0 aliphatic carbocycles. The van der Waals surface area contributed by atoms with Gasteiger partial charge in [-0.05, 0) is 13.3 Å². The van der Waals surface area contributed by atoms with Crippen molar-refractivity contribution in [3.8, 4) is 6.01 Å². The first kappa shape index (κ1) is 9.83. The van der Waals surface area contributed by atoms with E-state index >= 15 is 0 Å². The summed E-state index contributed by atoms with van der Waals surface area (Å²) in [5.74, 6) is 0. The molecule has 0 spiro atoms. The maximum atomic E-state index is 11.4. The fourth-order valence-corrected chi connectivity index (χ4v) is 1.05. The van der Waals surface area contributed by atoms with Crippen molar-refractivity contribution in [3.05, 3.63) is 10.5 Å². The second kappa shape index (κ2) is 4.11. The van der Waals surface area contributed by atoms with Crippen LogP contribution in [-0.2, 0) is 13.6 Å². The van der Waals surface area contributed by atoms with Gasteiger partial charge in [0.15, 0.2) is 0 Å². The average Bonchev–Trinajstić information content (AvgIpc) is 2.39. The van der Waals surface area contributed by atoms with Gasteiger partial charge in [0.1, 0.15) is 0 Å². The highest BCUT2D eigenvalue weighted by Gasteiger charge is 2.09. The highest BCUT2D eigenvalue weighted by Crippen LogP contribution is 2.02. The lowest BCUT2D eigenvalue weighted by Gasteiger charge is -2.02. The van der Waals surface area contributed by atoms with Gasteiger partial charge in [-0.1, -0.05) is 6.92 Å². The molecule has 0 atom stereocenters. The molecule has 0 aliphatic heterocycles. The minimum atomic E-state index is -0.131. The zero-order valence-corrected chi connectivity index (χ0v) is 8.28. The Balaban J connectivity index is 2.93. The highest BCUT2D eigenvalue weighted by atomic mass is 16.5. The SMILES string of the molecule is CCCOc1nn(C)c(=O)n1CC. The van der Waals surface area contributed by atoms with Crippen molar-refractivity contribution in [1.29, 1.82) is 0 Å². The zero-order chi connectivity index (χ0) is 9.84. The van der Waals surface area contributed by atoms with E-state index in [4.69, 9.17) is 4.74 Å². The molecule has 5 nitrogen and oxygen atoms in total. The van der Waals surface area contributed by atoms with Crippen LogP contribution in [0.1, 0.15) is 20.3 Å². The smallest absolute Gasteiger partial charge is 0.348 e. The van der Waals surface area contributed by atoms with E-state index in [-0.39, 0.29) is 5.69 Å². The Bertz CT molecular complexity index is 327. The third kappa shape index (κ3) is 1.91. The van der Waals surface area contributed by atoms with Gasteiger partial charge in [-0.15, -0.1) is 5.10 Å². The maximum absolute atomic E-state index is 11.4. The molecule has 0 unspecified atom stereocenters. The summed E-state index contributed by atoms with van der Waals surface area (Å²) in [6.07, 6.45) is 0.911. The Morgan fingerprint density at radius 3 is 2.69 bits per heavy atom. The molecule has 5 heteroatoms. The molecule has 1 rings (SSSR count). The van der Waals surface area contributed by atoms with Crippen LogP contribution in [0.25, 0.3) is 0 Å². The van der Waals surface area contributed by atoms with Crippen molar-refractivity contribution in [1.82, 2.24) is 14.3 Å². The first-order valence-corrected chi connectivity index (χ1v) is 4.47. The fourth-order valence-electron chi connectivity index (χ4n) is 1.05. The summed E-state index contributed by atoms with van der Waals surface area (Å²) in [6.45, 7) is 5.08.